The van der Waals surface area contributed by atoms with Crippen molar-refractivity contribution in [2.45, 2.75) is 206 Å². The molecule has 0 aliphatic heterocycles. The van der Waals surface area contributed by atoms with Gasteiger partial charge in [0.2, 0.25) is 0 Å². The van der Waals surface area contributed by atoms with Gasteiger partial charge < -0.3 is 61.3 Å². The Balaban J connectivity index is -0.0000000713. The van der Waals surface area contributed by atoms with Crippen LogP contribution in [0.2, 0.25) is 0 Å². The van der Waals surface area contributed by atoms with E-state index < -0.39 is 0 Å². The third-order valence-electron chi connectivity index (χ3n) is 9.15. The van der Waals surface area contributed by atoms with Crippen LogP contribution in [0.1, 0.15) is 206 Å². The summed E-state index contributed by atoms with van der Waals surface area (Å²) in [5.74, 6) is 3.58. The molecular formula is C50H118O12. The molecule has 12 nitrogen and oxygen atoms in total. The zero-order valence-corrected chi connectivity index (χ0v) is 43.8. The summed E-state index contributed by atoms with van der Waals surface area (Å²) in [6.45, 7) is 30.3. The average molecular weight is 911 g/mol. The number of unbranched alkanes of at least 4 members (excludes halogenated alkanes) is 3. The molecule has 0 aromatic rings. The highest BCUT2D eigenvalue weighted by Gasteiger charge is 2.35. The Kier molecular flexibility index (Phi) is 102. The van der Waals surface area contributed by atoms with Crippen molar-refractivity contribution in [3.63, 3.8) is 0 Å². The first-order chi connectivity index (χ1) is 29.5. The van der Waals surface area contributed by atoms with Crippen molar-refractivity contribution in [3.8, 4) is 0 Å². The molecule has 0 aromatic carbocycles. The maximum absolute atomic E-state index is 8.53. The van der Waals surface area contributed by atoms with Crippen LogP contribution in [0.25, 0.3) is 0 Å². The maximum atomic E-state index is 8.53. The van der Waals surface area contributed by atoms with E-state index in [0.29, 0.717) is 101 Å². The van der Waals surface area contributed by atoms with Crippen LogP contribution in [0.4, 0.5) is 0 Å². The lowest BCUT2D eigenvalue weighted by molar-refractivity contribution is 0.163. The van der Waals surface area contributed by atoms with Gasteiger partial charge in [0.15, 0.2) is 0 Å². The number of aliphatic hydroxyl groups is 12. The maximum Gasteiger partial charge on any atom is 0.0484 e. The van der Waals surface area contributed by atoms with Crippen molar-refractivity contribution >= 4 is 0 Å². The van der Waals surface area contributed by atoms with Crippen molar-refractivity contribution in [1.29, 1.82) is 0 Å². The molecular weight excluding hydrogens is 793 g/mol. The first kappa shape index (κ1) is 81.7. The quantitative estimate of drug-likeness (QED) is 0.0581. The first-order valence-electron chi connectivity index (χ1n) is 24.6. The molecule has 0 aromatic heterocycles. The zero-order chi connectivity index (χ0) is 50.5. The van der Waals surface area contributed by atoms with E-state index in [0.717, 1.165) is 77.2 Å². The van der Waals surface area contributed by atoms with Crippen molar-refractivity contribution in [2.24, 2.45) is 40.9 Å². The monoisotopic (exact) mass is 911 g/mol. The van der Waals surface area contributed by atoms with Gasteiger partial charge in [-0.3, -0.25) is 0 Å². The summed E-state index contributed by atoms with van der Waals surface area (Å²) in [5, 5.41) is 97.1. The van der Waals surface area contributed by atoms with Crippen LogP contribution in [0.15, 0.2) is 0 Å². The minimum Gasteiger partial charge on any atom is -0.400 e. The summed E-state index contributed by atoms with van der Waals surface area (Å²) in [5.41, 5.74) is 0.347. The number of hydrogen-bond donors (Lipinski definition) is 12. The minimum absolute atomic E-state index is 0.250. The molecule has 390 valence electrons. The lowest BCUT2D eigenvalue weighted by Gasteiger charge is -2.21. The molecule has 3 fully saturated rings. The first-order valence-corrected chi connectivity index (χ1v) is 24.6. The fraction of sp³-hybridized carbons (Fsp3) is 1.00. The molecule has 1 atom stereocenters. The molecule has 0 heterocycles. The molecule has 0 radical (unpaired) electrons. The molecule has 0 unspecified atom stereocenters. The standard InChI is InChI=1S/2C6H14O.2C5H10O.2C5H12O.C4H8O.2C4H10O.C3H8O.C2H6O.CH4O/c1-6(2)4-3-5-7;1-3-6(4-2)5-7;1-5(4-6)2-3-5;6-4-5-2-1-3-5;1-3-5(2)4-6;1-2-3-4-5-6;5-3-4-1-2-4;1-4(2)3-5;1-2-3-4-5;1-2-3-4;1-2-3;1-2/h2*6-7H,3-5H2,1-2H3;6H,2-4H2,1H3;5-6H,1-4H2;5-6H,3-4H2,1-2H3;6H,2-5H2,1H3;4-5H,1-3H2;4-5H,3H2,1-2H3;5H,2-4H2,1H3;4H,2-3H2,1H3;3H,2H2,1H3;2H,1H3/t;;;;5-;;;;;;;/m....0......./s1. The molecule has 12 N–H and O–H groups in total. The summed E-state index contributed by atoms with van der Waals surface area (Å²) in [6.07, 6.45) is 20.5. The fourth-order valence-corrected chi connectivity index (χ4v) is 3.04. The molecule has 3 aliphatic rings. The van der Waals surface area contributed by atoms with Crippen molar-refractivity contribution in [3.05, 3.63) is 0 Å². The van der Waals surface area contributed by atoms with Gasteiger partial charge in [-0.15, -0.1) is 0 Å². The Labute approximate surface area is 386 Å². The van der Waals surface area contributed by atoms with E-state index in [1.54, 1.807) is 6.92 Å². The highest BCUT2D eigenvalue weighted by atomic mass is 16.3. The van der Waals surface area contributed by atoms with Gasteiger partial charge >= 0.3 is 0 Å². The van der Waals surface area contributed by atoms with Gasteiger partial charge in [0, 0.05) is 79.8 Å². The van der Waals surface area contributed by atoms with Crippen LogP contribution in [-0.4, -0.2) is 141 Å². The SMILES string of the molecule is CC(C)CCCO.CC(C)CO.CC1(CO)CC1.CCC(CC)CO.CCCCCO.CCCCO.CCCO.CCO.CC[C@H](C)CO.CO.OCC1CC1.OCC1CCC1. The Morgan fingerprint density at radius 1 is 0.468 bits per heavy atom. The normalized spacial score (nSPS) is 13.7. The fourth-order valence-electron chi connectivity index (χ4n) is 3.04. The Morgan fingerprint density at radius 2 is 0.855 bits per heavy atom. The Hall–Kier alpha value is -0.480. The van der Waals surface area contributed by atoms with E-state index in [1.807, 2.05) is 27.7 Å². The highest BCUT2D eigenvalue weighted by molar-refractivity contribution is 4.87. The number of hydrogen-bond acceptors (Lipinski definition) is 12. The minimum atomic E-state index is 0.250. The summed E-state index contributed by atoms with van der Waals surface area (Å²) < 4.78 is 0. The summed E-state index contributed by atoms with van der Waals surface area (Å²) in [7, 11) is 1.00. The molecule has 3 aliphatic carbocycles. The summed E-state index contributed by atoms with van der Waals surface area (Å²) >= 11 is 0. The molecule has 3 rings (SSSR count). The lowest BCUT2D eigenvalue weighted by Crippen LogP contribution is -2.14. The van der Waals surface area contributed by atoms with Crippen LogP contribution >= 0.6 is 0 Å². The van der Waals surface area contributed by atoms with Gasteiger partial charge in [-0.25, -0.2) is 0 Å². The van der Waals surface area contributed by atoms with Crippen molar-refractivity contribution in [2.75, 3.05) is 79.8 Å². The van der Waals surface area contributed by atoms with Gasteiger partial charge in [-0.2, -0.15) is 0 Å². The predicted molar refractivity (Wildman–Crippen MR) is 266 cm³/mol. The second-order valence-corrected chi connectivity index (χ2v) is 17.0. The van der Waals surface area contributed by atoms with Crippen molar-refractivity contribution in [1.82, 2.24) is 0 Å². The second kappa shape index (κ2) is 77.7. The lowest BCUT2D eigenvalue weighted by atomic mass is 9.86. The van der Waals surface area contributed by atoms with E-state index >= 15 is 0 Å². The average Bonchev–Trinajstić information content (AvgIpc) is 4.23. The van der Waals surface area contributed by atoms with Crippen LogP contribution in [0.3, 0.4) is 0 Å². The van der Waals surface area contributed by atoms with E-state index in [9.17, 15) is 0 Å². The van der Waals surface area contributed by atoms with Crippen LogP contribution in [0, 0.1) is 40.9 Å². The molecule has 12 heteroatoms. The third-order valence-corrected chi connectivity index (χ3v) is 9.15. The molecule has 0 saturated heterocycles. The van der Waals surface area contributed by atoms with Gasteiger partial charge in [0.1, 0.15) is 0 Å². The van der Waals surface area contributed by atoms with E-state index in [1.165, 1.54) is 51.4 Å². The number of aliphatic hydroxyl groups excluding tert-OH is 12. The van der Waals surface area contributed by atoms with Crippen molar-refractivity contribution < 1.29 is 61.3 Å². The zero-order valence-electron chi connectivity index (χ0n) is 43.8. The number of rotatable bonds is 18. The predicted octanol–water partition coefficient (Wildman–Crippen LogP) is 8.38. The molecule has 0 amide bonds. The molecule has 3 saturated carbocycles. The Bertz CT molecular complexity index is 601. The Morgan fingerprint density at radius 3 is 0.887 bits per heavy atom. The third kappa shape index (κ3) is 113. The molecule has 62 heavy (non-hydrogen) atoms. The molecule has 0 spiro atoms. The van der Waals surface area contributed by atoms with Gasteiger partial charge in [0.25, 0.3) is 0 Å². The smallest absolute Gasteiger partial charge is 0.0484 e. The topological polar surface area (TPSA) is 243 Å². The largest absolute Gasteiger partial charge is 0.400 e. The molecule has 0 bridgehead atoms. The highest BCUT2D eigenvalue weighted by Crippen LogP contribution is 2.43. The van der Waals surface area contributed by atoms with E-state index in [4.69, 9.17) is 61.3 Å². The van der Waals surface area contributed by atoms with Gasteiger partial charge in [0.05, 0.1) is 0 Å². The summed E-state index contributed by atoms with van der Waals surface area (Å²) in [4.78, 5) is 0. The summed E-state index contributed by atoms with van der Waals surface area (Å²) in [6, 6.07) is 0. The van der Waals surface area contributed by atoms with Crippen LogP contribution < -0.4 is 0 Å². The second-order valence-electron chi connectivity index (χ2n) is 17.0. The van der Waals surface area contributed by atoms with Gasteiger partial charge in [-0.05, 0) is 118 Å². The van der Waals surface area contributed by atoms with Crippen LogP contribution in [-0.2, 0) is 0 Å². The van der Waals surface area contributed by atoms with E-state index in [2.05, 4.69) is 55.4 Å². The van der Waals surface area contributed by atoms with Crippen LogP contribution in [0.5, 0.6) is 0 Å². The van der Waals surface area contributed by atoms with Gasteiger partial charge in [-0.1, -0.05) is 128 Å². The van der Waals surface area contributed by atoms with E-state index in [-0.39, 0.29) is 6.61 Å².